The average molecular weight is 310 g/mol. The Morgan fingerprint density at radius 1 is 1.19 bits per heavy atom. The molecule has 1 aromatic carbocycles. The summed E-state index contributed by atoms with van der Waals surface area (Å²) in [6, 6.07) is 6.85. The molecule has 21 heavy (non-hydrogen) atoms. The van der Waals surface area contributed by atoms with E-state index in [-0.39, 0.29) is 17.7 Å². The van der Waals surface area contributed by atoms with Crippen LogP contribution in [-0.2, 0) is 15.8 Å². The fraction of sp³-hybridized carbons (Fsp3) is 0.533. The van der Waals surface area contributed by atoms with Crippen molar-refractivity contribution in [2.75, 3.05) is 13.1 Å². The Labute approximate surface area is 126 Å². The van der Waals surface area contributed by atoms with E-state index in [1.54, 1.807) is 28.6 Å². The SMILES string of the molecule is CC(C)NC(=O)c1ccc(CS(=O)(=O)N2CCCC2)cc1. The zero-order valence-corrected chi connectivity index (χ0v) is 13.3. The number of benzene rings is 1. The second-order valence-corrected chi connectivity index (χ2v) is 7.66. The number of carbonyl (C=O) groups excluding carboxylic acids is 1. The minimum atomic E-state index is -3.23. The maximum absolute atomic E-state index is 12.2. The highest BCUT2D eigenvalue weighted by Gasteiger charge is 2.25. The first-order chi connectivity index (χ1) is 9.88. The molecule has 1 amide bonds. The Morgan fingerprint density at radius 3 is 2.29 bits per heavy atom. The Kier molecular flexibility index (Phi) is 5.00. The Bertz CT molecular complexity index is 588. The van der Waals surface area contributed by atoms with Crippen molar-refractivity contribution in [3.05, 3.63) is 35.4 Å². The summed E-state index contributed by atoms with van der Waals surface area (Å²) < 4.78 is 26.0. The van der Waals surface area contributed by atoms with Crippen molar-refractivity contribution in [1.29, 1.82) is 0 Å². The molecule has 2 rings (SSSR count). The number of rotatable bonds is 5. The van der Waals surface area contributed by atoms with Crippen molar-refractivity contribution in [3.63, 3.8) is 0 Å². The van der Waals surface area contributed by atoms with Crippen molar-refractivity contribution >= 4 is 15.9 Å². The standard InChI is InChI=1S/C15H22N2O3S/c1-12(2)16-15(18)14-7-5-13(6-8-14)11-21(19,20)17-9-3-4-10-17/h5-8,12H,3-4,9-11H2,1-2H3,(H,16,18). The van der Waals surface area contributed by atoms with E-state index in [0.29, 0.717) is 24.2 Å². The molecule has 1 aliphatic rings. The molecule has 6 heteroatoms. The zero-order valence-electron chi connectivity index (χ0n) is 12.5. The van der Waals surface area contributed by atoms with Gasteiger partial charge in [-0.3, -0.25) is 4.79 Å². The van der Waals surface area contributed by atoms with Crippen LogP contribution in [0.4, 0.5) is 0 Å². The highest BCUT2D eigenvalue weighted by atomic mass is 32.2. The van der Waals surface area contributed by atoms with Crippen LogP contribution in [0.5, 0.6) is 0 Å². The van der Waals surface area contributed by atoms with Crippen LogP contribution in [0.1, 0.15) is 42.6 Å². The lowest BCUT2D eigenvalue weighted by Gasteiger charge is -2.15. The van der Waals surface area contributed by atoms with E-state index in [0.717, 1.165) is 12.8 Å². The molecule has 0 aliphatic carbocycles. The van der Waals surface area contributed by atoms with Crippen LogP contribution < -0.4 is 5.32 Å². The normalized spacial score (nSPS) is 16.3. The minimum Gasteiger partial charge on any atom is -0.350 e. The first kappa shape index (κ1) is 16.0. The summed E-state index contributed by atoms with van der Waals surface area (Å²) in [5, 5.41) is 2.81. The van der Waals surface area contributed by atoms with Gasteiger partial charge in [-0.15, -0.1) is 0 Å². The monoisotopic (exact) mass is 310 g/mol. The number of nitrogens with one attached hydrogen (secondary N) is 1. The Morgan fingerprint density at radius 2 is 1.76 bits per heavy atom. The molecule has 0 aromatic heterocycles. The summed E-state index contributed by atoms with van der Waals surface area (Å²) in [4.78, 5) is 11.8. The van der Waals surface area contributed by atoms with Gasteiger partial charge in [-0.05, 0) is 44.4 Å². The van der Waals surface area contributed by atoms with Gasteiger partial charge in [0, 0.05) is 24.7 Å². The van der Waals surface area contributed by atoms with E-state index in [4.69, 9.17) is 0 Å². The van der Waals surface area contributed by atoms with Crippen molar-refractivity contribution in [3.8, 4) is 0 Å². The molecular weight excluding hydrogens is 288 g/mol. The molecule has 1 aliphatic heterocycles. The smallest absolute Gasteiger partial charge is 0.251 e. The minimum absolute atomic E-state index is 0.000913. The molecular formula is C15H22N2O3S. The fourth-order valence-corrected chi connectivity index (χ4v) is 3.98. The van der Waals surface area contributed by atoms with Crippen molar-refractivity contribution in [2.24, 2.45) is 0 Å². The van der Waals surface area contributed by atoms with Gasteiger partial charge < -0.3 is 5.32 Å². The van der Waals surface area contributed by atoms with Gasteiger partial charge >= 0.3 is 0 Å². The highest BCUT2D eigenvalue weighted by molar-refractivity contribution is 7.88. The molecule has 0 radical (unpaired) electrons. The molecule has 1 aromatic rings. The lowest BCUT2D eigenvalue weighted by atomic mass is 10.1. The summed E-state index contributed by atoms with van der Waals surface area (Å²) in [6.07, 6.45) is 1.88. The Balaban J connectivity index is 2.04. The van der Waals surface area contributed by atoms with E-state index in [1.807, 2.05) is 13.8 Å². The predicted octanol–water partition coefficient (Wildman–Crippen LogP) is 1.75. The molecule has 1 heterocycles. The van der Waals surface area contributed by atoms with Gasteiger partial charge in [0.2, 0.25) is 10.0 Å². The third-order valence-corrected chi connectivity index (χ3v) is 5.29. The van der Waals surface area contributed by atoms with Crippen LogP contribution in [-0.4, -0.2) is 37.8 Å². The number of sulfonamides is 1. The third-order valence-electron chi connectivity index (χ3n) is 3.44. The number of nitrogens with zero attached hydrogens (tertiary/aromatic N) is 1. The van der Waals surface area contributed by atoms with E-state index < -0.39 is 10.0 Å². The highest BCUT2D eigenvalue weighted by Crippen LogP contribution is 2.17. The van der Waals surface area contributed by atoms with Crippen LogP contribution in [0.3, 0.4) is 0 Å². The van der Waals surface area contributed by atoms with Gasteiger partial charge in [-0.2, -0.15) is 0 Å². The van der Waals surface area contributed by atoms with Gasteiger partial charge in [0.05, 0.1) is 5.75 Å². The summed E-state index contributed by atoms with van der Waals surface area (Å²) >= 11 is 0. The number of hydrogen-bond acceptors (Lipinski definition) is 3. The lowest BCUT2D eigenvalue weighted by Crippen LogP contribution is -2.30. The van der Waals surface area contributed by atoms with Crippen LogP contribution in [0.25, 0.3) is 0 Å². The second-order valence-electron chi connectivity index (χ2n) is 5.69. The quantitative estimate of drug-likeness (QED) is 0.901. The van der Waals surface area contributed by atoms with E-state index >= 15 is 0 Å². The number of carbonyl (C=O) groups is 1. The third kappa shape index (κ3) is 4.28. The molecule has 5 nitrogen and oxygen atoms in total. The topological polar surface area (TPSA) is 66.5 Å². The van der Waals surface area contributed by atoms with Crippen LogP contribution >= 0.6 is 0 Å². The predicted molar refractivity (Wildman–Crippen MR) is 82.5 cm³/mol. The number of amides is 1. The molecule has 1 saturated heterocycles. The molecule has 0 unspecified atom stereocenters. The molecule has 0 bridgehead atoms. The first-order valence-electron chi connectivity index (χ1n) is 7.26. The summed E-state index contributed by atoms with van der Waals surface area (Å²) in [5.41, 5.74) is 1.26. The average Bonchev–Trinajstić information content (AvgIpc) is 2.93. The first-order valence-corrected chi connectivity index (χ1v) is 8.87. The van der Waals surface area contributed by atoms with Crippen molar-refractivity contribution < 1.29 is 13.2 Å². The lowest BCUT2D eigenvalue weighted by molar-refractivity contribution is 0.0943. The van der Waals surface area contributed by atoms with Gasteiger partial charge in [0.15, 0.2) is 0 Å². The second kappa shape index (κ2) is 6.58. The molecule has 0 spiro atoms. The molecule has 0 saturated carbocycles. The molecule has 0 atom stereocenters. The van der Waals surface area contributed by atoms with Crippen LogP contribution in [0, 0.1) is 0 Å². The zero-order chi connectivity index (χ0) is 15.5. The maximum Gasteiger partial charge on any atom is 0.251 e. The van der Waals surface area contributed by atoms with Crippen LogP contribution in [0.2, 0.25) is 0 Å². The summed E-state index contributed by atoms with van der Waals surface area (Å²) in [5.74, 6) is -0.141. The summed E-state index contributed by atoms with van der Waals surface area (Å²) in [7, 11) is -3.23. The Hall–Kier alpha value is -1.40. The van der Waals surface area contributed by atoms with Gasteiger partial charge in [-0.1, -0.05) is 12.1 Å². The van der Waals surface area contributed by atoms with Gasteiger partial charge in [0.25, 0.3) is 5.91 Å². The van der Waals surface area contributed by atoms with E-state index in [2.05, 4.69) is 5.32 Å². The fourth-order valence-electron chi connectivity index (χ4n) is 2.37. The van der Waals surface area contributed by atoms with Crippen molar-refractivity contribution in [1.82, 2.24) is 9.62 Å². The molecule has 116 valence electrons. The molecule has 1 N–H and O–H groups in total. The van der Waals surface area contributed by atoms with Gasteiger partial charge in [-0.25, -0.2) is 12.7 Å². The van der Waals surface area contributed by atoms with Crippen LogP contribution in [0.15, 0.2) is 24.3 Å². The molecule has 1 fully saturated rings. The largest absolute Gasteiger partial charge is 0.350 e. The van der Waals surface area contributed by atoms with Gasteiger partial charge in [0.1, 0.15) is 0 Å². The maximum atomic E-state index is 12.2. The van der Waals surface area contributed by atoms with E-state index in [9.17, 15) is 13.2 Å². The number of hydrogen-bond donors (Lipinski definition) is 1. The summed E-state index contributed by atoms with van der Waals surface area (Å²) in [6.45, 7) is 5.04. The van der Waals surface area contributed by atoms with Crippen molar-refractivity contribution in [2.45, 2.75) is 38.5 Å². The van der Waals surface area contributed by atoms with E-state index in [1.165, 1.54) is 0 Å².